The summed E-state index contributed by atoms with van der Waals surface area (Å²) in [6.07, 6.45) is -0.652. The Bertz CT molecular complexity index is 491. The molecule has 1 N–H and O–H groups in total. The third-order valence-corrected chi connectivity index (χ3v) is 2.23. The molecule has 0 aliphatic heterocycles. The molecule has 1 unspecified atom stereocenters. The monoisotopic (exact) mass is 271 g/mol. The molecule has 0 spiro atoms. The quantitative estimate of drug-likeness (QED) is 0.853. The Balaban J connectivity index is 2.83. The molecular formula is C13H12F3NO2. The van der Waals surface area contributed by atoms with Crippen molar-refractivity contribution in [2.24, 2.45) is 0 Å². The van der Waals surface area contributed by atoms with E-state index in [0.717, 1.165) is 12.1 Å². The Morgan fingerprint density at radius 1 is 1.47 bits per heavy atom. The standard InChI is InChI=1S/C13H12F3NO2/c1-3-8-17-12(18)9(2)19-11-7-5-4-6-10(11)13(14,15)16/h1,4-7,9H,8H2,2H3,(H,17,18). The van der Waals surface area contributed by atoms with E-state index in [4.69, 9.17) is 11.2 Å². The predicted octanol–water partition coefficient (Wildman–Crippen LogP) is 2.22. The van der Waals surface area contributed by atoms with Crippen LogP contribution in [0.25, 0.3) is 0 Å². The second kappa shape index (κ2) is 6.14. The first-order valence-corrected chi connectivity index (χ1v) is 5.40. The summed E-state index contributed by atoms with van der Waals surface area (Å²) in [6.45, 7) is 1.34. The van der Waals surface area contributed by atoms with Gasteiger partial charge in [-0.15, -0.1) is 6.42 Å². The molecule has 1 aromatic rings. The molecule has 1 atom stereocenters. The van der Waals surface area contributed by atoms with Gasteiger partial charge < -0.3 is 10.1 Å². The molecule has 0 aromatic heterocycles. The van der Waals surface area contributed by atoms with Gasteiger partial charge in [-0.25, -0.2) is 0 Å². The SMILES string of the molecule is C#CCNC(=O)C(C)Oc1ccccc1C(F)(F)F. The summed E-state index contributed by atoms with van der Waals surface area (Å²) < 4.78 is 43.1. The van der Waals surface area contributed by atoms with E-state index in [2.05, 4.69) is 11.2 Å². The normalized spacial score (nSPS) is 12.4. The van der Waals surface area contributed by atoms with Crippen LogP contribution in [0.15, 0.2) is 24.3 Å². The summed E-state index contributed by atoms with van der Waals surface area (Å²) >= 11 is 0. The van der Waals surface area contributed by atoms with Crippen molar-refractivity contribution in [1.82, 2.24) is 5.32 Å². The van der Waals surface area contributed by atoms with Crippen molar-refractivity contribution in [3.05, 3.63) is 29.8 Å². The maximum atomic E-state index is 12.7. The highest BCUT2D eigenvalue weighted by molar-refractivity contribution is 5.80. The van der Waals surface area contributed by atoms with Gasteiger partial charge in [0.05, 0.1) is 12.1 Å². The lowest BCUT2D eigenvalue weighted by Crippen LogP contribution is -2.36. The number of carbonyl (C=O) groups excluding carboxylic acids is 1. The van der Waals surface area contributed by atoms with Gasteiger partial charge in [0.2, 0.25) is 0 Å². The predicted molar refractivity (Wildman–Crippen MR) is 63.4 cm³/mol. The van der Waals surface area contributed by atoms with E-state index < -0.39 is 29.5 Å². The molecule has 3 nitrogen and oxygen atoms in total. The number of hydrogen-bond donors (Lipinski definition) is 1. The highest BCUT2D eigenvalue weighted by atomic mass is 19.4. The van der Waals surface area contributed by atoms with E-state index in [0.29, 0.717) is 0 Å². The van der Waals surface area contributed by atoms with Gasteiger partial charge in [-0.05, 0) is 19.1 Å². The molecule has 6 heteroatoms. The smallest absolute Gasteiger partial charge is 0.419 e. The van der Waals surface area contributed by atoms with E-state index in [1.165, 1.54) is 19.1 Å². The number of terminal acetylenes is 1. The molecule has 102 valence electrons. The Morgan fingerprint density at radius 2 is 2.11 bits per heavy atom. The van der Waals surface area contributed by atoms with E-state index in [9.17, 15) is 18.0 Å². The topological polar surface area (TPSA) is 38.3 Å². The van der Waals surface area contributed by atoms with E-state index in [1.807, 2.05) is 0 Å². The first kappa shape index (κ1) is 14.9. The van der Waals surface area contributed by atoms with Crippen LogP contribution in [0.4, 0.5) is 13.2 Å². The van der Waals surface area contributed by atoms with Crippen LogP contribution >= 0.6 is 0 Å². The minimum absolute atomic E-state index is 0.00650. The minimum atomic E-state index is -4.54. The molecule has 0 aliphatic rings. The lowest BCUT2D eigenvalue weighted by atomic mass is 10.2. The van der Waals surface area contributed by atoms with Crippen LogP contribution in [0.1, 0.15) is 12.5 Å². The summed E-state index contributed by atoms with van der Waals surface area (Å²) in [5.41, 5.74) is -0.924. The van der Waals surface area contributed by atoms with Gasteiger partial charge in [-0.3, -0.25) is 4.79 Å². The number of halogens is 3. The number of nitrogens with one attached hydrogen (secondary N) is 1. The highest BCUT2D eigenvalue weighted by Gasteiger charge is 2.34. The number of carbonyl (C=O) groups is 1. The van der Waals surface area contributed by atoms with Gasteiger partial charge in [0.25, 0.3) is 5.91 Å². The Kier molecular flexibility index (Phi) is 4.81. The summed E-state index contributed by atoms with van der Waals surface area (Å²) in [4.78, 5) is 11.5. The van der Waals surface area contributed by atoms with Gasteiger partial charge in [-0.1, -0.05) is 18.1 Å². The van der Waals surface area contributed by atoms with Crippen molar-refractivity contribution in [3.8, 4) is 18.1 Å². The summed E-state index contributed by atoms with van der Waals surface area (Å²) in [5.74, 6) is 1.22. The van der Waals surface area contributed by atoms with Crippen LogP contribution in [0.2, 0.25) is 0 Å². The van der Waals surface area contributed by atoms with Gasteiger partial charge in [0.1, 0.15) is 5.75 Å². The number of ether oxygens (including phenoxy) is 1. The van der Waals surface area contributed by atoms with Crippen molar-refractivity contribution in [2.45, 2.75) is 19.2 Å². The van der Waals surface area contributed by atoms with Crippen molar-refractivity contribution in [3.63, 3.8) is 0 Å². The second-order valence-corrected chi connectivity index (χ2v) is 3.68. The molecule has 0 radical (unpaired) electrons. The van der Waals surface area contributed by atoms with Crippen molar-refractivity contribution < 1.29 is 22.7 Å². The van der Waals surface area contributed by atoms with E-state index in [1.54, 1.807) is 0 Å². The maximum absolute atomic E-state index is 12.7. The molecule has 0 heterocycles. The summed E-state index contributed by atoms with van der Waals surface area (Å²) in [7, 11) is 0. The summed E-state index contributed by atoms with van der Waals surface area (Å²) in [5, 5.41) is 2.33. The zero-order chi connectivity index (χ0) is 14.5. The summed E-state index contributed by atoms with van der Waals surface area (Å²) in [6, 6.07) is 4.70. The number of rotatable bonds is 4. The largest absolute Gasteiger partial charge is 0.480 e. The zero-order valence-electron chi connectivity index (χ0n) is 10.1. The molecule has 0 saturated heterocycles. The average Bonchev–Trinajstić information content (AvgIpc) is 2.35. The first-order chi connectivity index (χ1) is 8.86. The minimum Gasteiger partial charge on any atom is -0.480 e. The van der Waals surface area contributed by atoms with Crippen molar-refractivity contribution >= 4 is 5.91 Å². The number of para-hydroxylation sites is 1. The fraction of sp³-hybridized carbons (Fsp3) is 0.308. The lowest BCUT2D eigenvalue weighted by molar-refractivity contribution is -0.140. The van der Waals surface area contributed by atoms with Crippen molar-refractivity contribution in [2.75, 3.05) is 6.54 Å². The van der Waals surface area contributed by atoms with Gasteiger partial charge >= 0.3 is 6.18 Å². The number of alkyl halides is 3. The maximum Gasteiger partial charge on any atom is 0.419 e. The molecule has 19 heavy (non-hydrogen) atoms. The average molecular weight is 271 g/mol. The fourth-order valence-corrected chi connectivity index (χ4v) is 1.33. The van der Waals surface area contributed by atoms with Crippen LogP contribution in [-0.2, 0) is 11.0 Å². The number of benzene rings is 1. The second-order valence-electron chi connectivity index (χ2n) is 3.68. The fourth-order valence-electron chi connectivity index (χ4n) is 1.33. The van der Waals surface area contributed by atoms with Gasteiger partial charge in [0, 0.05) is 0 Å². The lowest BCUT2D eigenvalue weighted by Gasteiger charge is -2.17. The molecule has 1 amide bonds. The van der Waals surface area contributed by atoms with Gasteiger partial charge in [-0.2, -0.15) is 13.2 Å². The van der Waals surface area contributed by atoms with Crippen LogP contribution < -0.4 is 10.1 Å². The highest BCUT2D eigenvalue weighted by Crippen LogP contribution is 2.36. The Hall–Kier alpha value is -2.16. The van der Waals surface area contributed by atoms with Crippen molar-refractivity contribution in [1.29, 1.82) is 0 Å². The van der Waals surface area contributed by atoms with E-state index in [-0.39, 0.29) is 6.54 Å². The molecule has 1 aromatic carbocycles. The Labute approximate surface area is 108 Å². The number of hydrogen-bond acceptors (Lipinski definition) is 2. The number of amides is 1. The van der Waals surface area contributed by atoms with Crippen LogP contribution in [0, 0.1) is 12.3 Å². The molecule has 1 rings (SSSR count). The zero-order valence-corrected chi connectivity index (χ0v) is 10.1. The Morgan fingerprint density at radius 3 is 2.68 bits per heavy atom. The molecular weight excluding hydrogens is 259 g/mol. The van der Waals surface area contributed by atoms with Crippen LogP contribution in [-0.4, -0.2) is 18.6 Å². The van der Waals surface area contributed by atoms with E-state index >= 15 is 0 Å². The molecule has 0 saturated carbocycles. The van der Waals surface area contributed by atoms with Crippen LogP contribution in [0.3, 0.4) is 0 Å². The third-order valence-electron chi connectivity index (χ3n) is 2.23. The molecule has 0 aliphatic carbocycles. The third kappa shape index (κ3) is 4.21. The molecule has 0 fully saturated rings. The van der Waals surface area contributed by atoms with Gasteiger partial charge in [0.15, 0.2) is 6.10 Å². The molecule has 0 bridgehead atoms. The van der Waals surface area contributed by atoms with Crippen LogP contribution in [0.5, 0.6) is 5.75 Å². The first-order valence-electron chi connectivity index (χ1n) is 5.40.